The Hall–Kier alpha value is -2.44. The molecule has 16 heteroatoms. The highest BCUT2D eigenvalue weighted by molar-refractivity contribution is 5.76. The Morgan fingerprint density at radius 3 is 0.935 bits per heavy atom. The molecule has 0 aromatic heterocycles. The van der Waals surface area contributed by atoms with Gasteiger partial charge in [0.15, 0.2) is 0 Å². The van der Waals surface area contributed by atoms with Gasteiger partial charge in [-0.3, -0.25) is 29.0 Å². The lowest BCUT2D eigenvalue weighted by molar-refractivity contribution is -0.199. The molecular formula is C46H84N6O10. The Kier molecular flexibility index (Phi) is 15.8. The molecule has 0 aliphatic carbocycles. The van der Waals surface area contributed by atoms with Crippen LogP contribution >= 0.6 is 0 Å². The minimum absolute atomic E-state index is 0.0791. The van der Waals surface area contributed by atoms with E-state index in [1.807, 2.05) is 55.4 Å². The zero-order chi connectivity index (χ0) is 47.1. The summed E-state index contributed by atoms with van der Waals surface area (Å²) in [4.78, 5) is 57.3. The molecule has 4 rings (SSSR count). The van der Waals surface area contributed by atoms with Crippen LogP contribution in [0.5, 0.6) is 0 Å². The van der Waals surface area contributed by atoms with E-state index in [2.05, 4.69) is 66.0 Å². The van der Waals surface area contributed by atoms with E-state index < -0.39 is 46.0 Å². The molecular weight excluding hydrogens is 797 g/mol. The van der Waals surface area contributed by atoms with Gasteiger partial charge in [-0.25, -0.2) is 0 Å². The first-order valence-corrected chi connectivity index (χ1v) is 22.7. The van der Waals surface area contributed by atoms with Crippen molar-refractivity contribution in [1.82, 2.24) is 30.6 Å². The molecule has 4 aliphatic rings. The van der Waals surface area contributed by atoms with Crippen LogP contribution in [0.4, 0.5) is 0 Å². The van der Waals surface area contributed by atoms with E-state index in [0.717, 1.165) is 12.8 Å². The summed E-state index contributed by atoms with van der Waals surface area (Å²) in [6.45, 7) is 32.2. The number of carbonyl (C=O) groups is 4. The third-order valence-corrected chi connectivity index (χ3v) is 14.5. The van der Waals surface area contributed by atoms with Crippen LogP contribution < -0.4 is 10.6 Å². The maximum Gasteiger partial charge on any atom is 0.320 e. The Bertz CT molecular complexity index is 1490. The fourth-order valence-corrected chi connectivity index (χ4v) is 11.0. The lowest BCUT2D eigenvalue weighted by Crippen LogP contribution is -2.48. The molecule has 0 aromatic carbocycles. The standard InChI is InChI=1S/C46H84N6O10/c1-39(2)19-31(43(9,10)47-39)27-59-35(53)23-49(25-37(55)61-29-33-21-41(5,6)51(57)45(33,13)14)17-18-50(24-36(54)60-28-32-20-40(3,4)48-44(32,11)12)26-38(56)62-30-34-22-42(7,8)52(58)46(34,15)16/h31-34,47-48,57-58H,17-30H2,1-16H3. The monoisotopic (exact) mass is 881 g/mol. The van der Waals surface area contributed by atoms with Crippen LogP contribution in [-0.4, -0.2) is 164 Å². The van der Waals surface area contributed by atoms with E-state index >= 15 is 0 Å². The van der Waals surface area contributed by atoms with Crippen LogP contribution in [0.1, 0.15) is 136 Å². The van der Waals surface area contributed by atoms with E-state index in [-0.39, 0.29) is 112 Å². The summed E-state index contributed by atoms with van der Waals surface area (Å²) in [7, 11) is 0. The summed E-state index contributed by atoms with van der Waals surface area (Å²) in [5.41, 5.74) is -2.96. The summed E-state index contributed by atoms with van der Waals surface area (Å²) >= 11 is 0. The van der Waals surface area contributed by atoms with Crippen molar-refractivity contribution in [2.45, 2.75) is 181 Å². The van der Waals surface area contributed by atoms with Gasteiger partial charge < -0.3 is 40.0 Å². The van der Waals surface area contributed by atoms with Crippen molar-refractivity contribution < 1.29 is 48.5 Å². The van der Waals surface area contributed by atoms with Gasteiger partial charge in [0.05, 0.1) is 52.6 Å². The molecule has 4 aliphatic heterocycles. The molecule has 4 fully saturated rings. The van der Waals surface area contributed by atoms with Gasteiger partial charge in [0, 0.05) is 81.1 Å². The van der Waals surface area contributed by atoms with Gasteiger partial charge in [-0.1, -0.05) is 0 Å². The fraction of sp³-hybridized carbons (Fsp3) is 0.913. The van der Waals surface area contributed by atoms with Crippen LogP contribution in [0.3, 0.4) is 0 Å². The molecule has 0 amide bonds. The van der Waals surface area contributed by atoms with Crippen LogP contribution in [-0.2, 0) is 38.1 Å². The zero-order valence-electron chi connectivity index (χ0n) is 41.2. The molecule has 4 N–H and O–H groups in total. The molecule has 0 spiro atoms. The van der Waals surface area contributed by atoms with E-state index in [1.165, 1.54) is 10.1 Å². The fourth-order valence-electron chi connectivity index (χ4n) is 11.0. The quantitative estimate of drug-likeness (QED) is 0.104. The number of hydroxylamine groups is 4. The Balaban J connectivity index is 1.47. The van der Waals surface area contributed by atoms with Crippen LogP contribution in [0.25, 0.3) is 0 Å². The van der Waals surface area contributed by atoms with Gasteiger partial charge in [-0.05, 0) is 136 Å². The Labute approximate surface area is 372 Å². The van der Waals surface area contributed by atoms with Crippen molar-refractivity contribution in [2.75, 3.05) is 65.7 Å². The molecule has 0 radical (unpaired) electrons. The number of nitrogens with zero attached hydrogens (tertiary/aromatic N) is 4. The van der Waals surface area contributed by atoms with Gasteiger partial charge in [0.25, 0.3) is 0 Å². The third-order valence-electron chi connectivity index (χ3n) is 14.5. The highest BCUT2D eigenvalue weighted by atomic mass is 16.6. The summed E-state index contributed by atoms with van der Waals surface area (Å²) in [6.07, 6.45) is 2.88. The van der Waals surface area contributed by atoms with Gasteiger partial charge >= 0.3 is 23.9 Å². The molecule has 0 bridgehead atoms. The van der Waals surface area contributed by atoms with Gasteiger partial charge in [-0.2, -0.15) is 10.1 Å². The van der Waals surface area contributed by atoms with Gasteiger partial charge in [0.2, 0.25) is 0 Å². The van der Waals surface area contributed by atoms with Crippen molar-refractivity contribution >= 4 is 23.9 Å². The minimum Gasteiger partial charge on any atom is -0.464 e. The Morgan fingerprint density at radius 1 is 0.468 bits per heavy atom. The van der Waals surface area contributed by atoms with E-state index in [4.69, 9.17) is 18.9 Å². The number of esters is 4. The Morgan fingerprint density at radius 2 is 0.726 bits per heavy atom. The second-order valence-electron chi connectivity index (χ2n) is 23.8. The smallest absolute Gasteiger partial charge is 0.320 e. The average Bonchev–Trinajstić information content (AvgIpc) is 3.61. The normalized spacial score (nSPS) is 28.9. The van der Waals surface area contributed by atoms with Crippen molar-refractivity contribution in [2.24, 2.45) is 23.7 Å². The molecule has 358 valence electrons. The van der Waals surface area contributed by atoms with E-state index in [1.54, 1.807) is 9.80 Å². The molecule has 62 heavy (non-hydrogen) atoms. The maximum absolute atomic E-state index is 13.5. The molecule has 0 aromatic rings. The molecule has 16 nitrogen and oxygen atoms in total. The maximum atomic E-state index is 13.5. The molecule has 0 saturated carbocycles. The van der Waals surface area contributed by atoms with E-state index in [9.17, 15) is 29.6 Å². The number of hydrogen-bond acceptors (Lipinski definition) is 16. The molecule has 4 atom stereocenters. The predicted molar refractivity (Wildman–Crippen MR) is 235 cm³/mol. The van der Waals surface area contributed by atoms with Crippen molar-refractivity contribution in [3.8, 4) is 0 Å². The number of hydrogen-bond donors (Lipinski definition) is 4. The zero-order valence-corrected chi connectivity index (χ0v) is 41.2. The lowest BCUT2D eigenvalue weighted by Gasteiger charge is -2.36. The number of nitrogens with one attached hydrogen (secondary N) is 2. The first-order chi connectivity index (χ1) is 28.1. The lowest BCUT2D eigenvalue weighted by atomic mass is 9.88. The van der Waals surface area contributed by atoms with Crippen molar-refractivity contribution in [3.63, 3.8) is 0 Å². The molecule has 4 saturated heterocycles. The second-order valence-corrected chi connectivity index (χ2v) is 23.8. The first kappa shape index (κ1) is 52.2. The summed E-state index contributed by atoms with van der Waals surface area (Å²) in [5, 5.41) is 31.5. The first-order valence-electron chi connectivity index (χ1n) is 22.7. The predicted octanol–water partition coefficient (Wildman–Crippen LogP) is 4.63. The van der Waals surface area contributed by atoms with Gasteiger partial charge in [-0.15, -0.1) is 0 Å². The van der Waals surface area contributed by atoms with Crippen molar-refractivity contribution in [1.29, 1.82) is 0 Å². The van der Waals surface area contributed by atoms with Crippen LogP contribution in [0.2, 0.25) is 0 Å². The highest BCUT2D eigenvalue weighted by Gasteiger charge is 2.53. The largest absolute Gasteiger partial charge is 0.464 e. The SMILES string of the molecule is CC1(C)CC(COC(=O)CN(CCN(CC(=O)OCC2CC(C)(C)NC2(C)C)CC(=O)OCC2CC(C)(C)N(O)C2(C)C)CC(=O)OCC2CC(C)(C)N(O)C2(C)C)C(C)(C)N1. The minimum atomic E-state index is -0.629. The average molecular weight is 881 g/mol. The number of carbonyl (C=O) groups excluding carboxylic acids is 4. The topological polar surface area (TPSA) is 183 Å². The summed E-state index contributed by atoms with van der Waals surface area (Å²) in [5.74, 6) is -2.22. The summed E-state index contributed by atoms with van der Waals surface area (Å²) < 4.78 is 23.3. The van der Waals surface area contributed by atoms with Crippen molar-refractivity contribution in [3.05, 3.63) is 0 Å². The molecule has 4 heterocycles. The third kappa shape index (κ3) is 13.1. The molecule has 4 unspecified atom stereocenters. The number of rotatable bonds is 19. The van der Waals surface area contributed by atoms with E-state index in [0.29, 0.717) is 12.8 Å². The highest BCUT2D eigenvalue weighted by Crippen LogP contribution is 2.45. The summed E-state index contributed by atoms with van der Waals surface area (Å²) in [6, 6.07) is 0. The van der Waals surface area contributed by atoms with Gasteiger partial charge in [0.1, 0.15) is 0 Å². The second kappa shape index (κ2) is 18.8. The van der Waals surface area contributed by atoms with Crippen LogP contribution in [0, 0.1) is 23.7 Å². The van der Waals surface area contributed by atoms with Crippen LogP contribution in [0.15, 0.2) is 0 Å². The number of ether oxygens (including phenoxy) is 4.